The Labute approximate surface area is 86.1 Å². The van der Waals surface area contributed by atoms with Crippen LogP contribution in [-0.2, 0) is 12.8 Å². The van der Waals surface area contributed by atoms with Gasteiger partial charge in [0.2, 0.25) is 0 Å². The van der Waals surface area contributed by atoms with Crippen molar-refractivity contribution in [1.29, 1.82) is 0 Å². The number of unbranched alkanes of at least 4 members (excludes halogenated alkanes) is 2. The molecule has 0 N–H and O–H groups in total. The summed E-state index contributed by atoms with van der Waals surface area (Å²) >= 11 is 0. The molecule has 0 fully saturated rings. The van der Waals surface area contributed by atoms with Gasteiger partial charge in [-0.1, -0.05) is 31.9 Å². The molecular weight excluding hydrogens is 172 g/mol. The van der Waals surface area contributed by atoms with Crippen LogP contribution in [0.1, 0.15) is 37.3 Å². The lowest BCUT2D eigenvalue weighted by Gasteiger charge is -2.03. The maximum atomic E-state index is 5.55. The van der Waals surface area contributed by atoms with Gasteiger partial charge in [0.15, 0.2) is 0 Å². The maximum absolute atomic E-state index is 5.55. The first kappa shape index (κ1) is 9.57. The van der Waals surface area contributed by atoms with Gasteiger partial charge in [0.1, 0.15) is 5.75 Å². The molecule has 1 aromatic carbocycles. The third kappa shape index (κ3) is 2.09. The smallest absolute Gasteiger partial charge is 0.122 e. The second-order valence-corrected chi connectivity index (χ2v) is 4.00. The lowest BCUT2D eigenvalue weighted by molar-refractivity contribution is 0.356. The highest BCUT2D eigenvalue weighted by molar-refractivity contribution is 5.40. The number of ether oxygens (including phenoxy) is 1. The Hall–Kier alpha value is -0.980. The molecule has 0 atom stereocenters. The van der Waals surface area contributed by atoms with Crippen LogP contribution in [0, 0.1) is 0 Å². The van der Waals surface area contributed by atoms with Gasteiger partial charge in [-0.2, -0.15) is 0 Å². The number of aryl methyl sites for hydroxylation is 1. The van der Waals surface area contributed by atoms with Gasteiger partial charge in [-0.25, -0.2) is 0 Å². The largest absolute Gasteiger partial charge is 0.493 e. The Morgan fingerprint density at radius 2 is 2.21 bits per heavy atom. The molecule has 0 aromatic heterocycles. The molecule has 14 heavy (non-hydrogen) atoms. The van der Waals surface area contributed by atoms with Crippen molar-refractivity contribution in [3.05, 3.63) is 29.3 Å². The molecule has 0 aliphatic carbocycles. The highest BCUT2D eigenvalue weighted by Crippen LogP contribution is 2.26. The average molecular weight is 190 g/mol. The molecule has 76 valence electrons. The summed E-state index contributed by atoms with van der Waals surface area (Å²) in [4.78, 5) is 0. The predicted molar refractivity (Wildman–Crippen MR) is 58.9 cm³/mol. The van der Waals surface area contributed by atoms with Crippen LogP contribution in [0.2, 0.25) is 0 Å². The zero-order chi connectivity index (χ0) is 9.80. The van der Waals surface area contributed by atoms with Gasteiger partial charge in [0.25, 0.3) is 0 Å². The van der Waals surface area contributed by atoms with E-state index < -0.39 is 0 Å². The fourth-order valence-corrected chi connectivity index (χ4v) is 1.95. The number of hydrogen-bond acceptors (Lipinski definition) is 1. The van der Waals surface area contributed by atoms with Crippen molar-refractivity contribution in [1.82, 2.24) is 0 Å². The van der Waals surface area contributed by atoms with E-state index in [1.54, 1.807) is 0 Å². The summed E-state index contributed by atoms with van der Waals surface area (Å²) in [5.41, 5.74) is 2.81. The average Bonchev–Trinajstić information content (AvgIpc) is 2.65. The minimum absolute atomic E-state index is 0.869. The maximum Gasteiger partial charge on any atom is 0.122 e. The van der Waals surface area contributed by atoms with Gasteiger partial charge < -0.3 is 4.74 Å². The van der Waals surface area contributed by atoms with Crippen LogP contribution in [-0.4, -0.2) is 6.61 Å². The van der Waals surface area contributed by atoms with E-state index in [4.69, 9.17) is 4.74 Å². The highest BCUT2D eigenvalue weighted by atomic mass is 16.5. The van der Waals surface area contributed by atoms with Crippen LogP contribution in [0.4, 0.5) is 0 Å². The molecule has 1 heterocycles. The van der Waals surface area contributed by atoms with Crippen LogP contribution in [0.3, 0.4) is 0 Å². The van der Waals surface area contributed by atoms with Gasteiger partial charge in [0, 0.05) is 6.42 Å². The van der Waals surface area contributed by atoms with Crippen molar-refractivity contribution >= 4 is 0 Å². The van der Waals surface area contributed by atoms with Gasteiger partial charge in [-0.05, 0) is 30.0 Å². The number of rotatable bonds is 4. The number of hydrogen-bond donors (Lipinski definition) is 0. The summed E-state index contributed by atoms with van der Waals surface area (Å²) < 4.78 is 5.55. The molecule has 1 aromatic rings. The highest BCUT2D eigenvalue weighted by Gasteiger charge is 2.11. The monoisotopic (exact) mass is 190 g/mol. The van der Waals surface area contributed by atoms with Crippen molar-refractivity contribution in [2.45, 2.75) is 39.0 Å². The van der Waals surface area contributed by atoms with E-state index in [0.29, 0.717) is 0 Å². The lowest BCUT2D eigenvalue weighted by atomic mass is 10.0. The van der Waals surface area contributed by atoms with Crippen molar-refractivity contribution in [3.8, 4) is 5.75 Å². The van der Waals surface area contributed by atoms with E-state index in [1.165, 1.54) is 36.8 Å². The summed E-state index contributed by atoms with van der Waals surface area (Å²) in [6.07, 6.45) is 6.21. The fourth-order valence-electron chi connectivity index (χ4n) is 1.95. The number of fused-ring (bicyclic) bond motifs is 1. The quantitative estimate of drug-likeness (QED) is 0.661. The molecule has 1 aliphatic rings. The Morgan fingerprint density at radius 3 is 3.07 bits per heavy atom. The minimum Gasteiger partial charge on any atom is -0.493 e. The molecule has 0 radical (unpaired) electrons. The molecule has 0 unspecified atom stereocenters. The first-order valence-electron chi connectivity index (χ1n) is 5.65. The van der Waals surface area contributed by atoms with E-state index >= 15 is 0 Å². The summed E-state index contributed by atoms with van der Waals surface area (Å²) in [5, 5.41) is 0. The summed E-state index contributed by atoms with van der Waals surface area (Å²) in [5.74, 6) is 1.12. The fraction of sp³-hybridized carbons (Fsp3) is 0.538. The van der Waals surface area contributed by atoms with E-state index in [0.717, 1.165) is 18.8 Å². The molecule has 0 spiro atoms. The van der Waals surface area contributed by atoms with Crippen molar-refractivity contribution < 1.29 is 4.74 Å². The predicted octanol–water partition coefficient (Wildman–Crippen LogP) is 3.35. The standard InChI is InChI=1S/C13H18O/c1-2-3-4-5-11-6-7-12-8-9-14-13(12)10-11/h6-7,10H,2-5,8-9H2,1H3. The third-order valence-electron chi connectivity index (χ3n) is 2.83. The minimum atomic E-state index is 0.869. The summed E-state index contributed by atoms with van der Waals surface area (Å²) in [7, 11) is 0. The normalized spacial score (nSPS) is 13.8. The molecular formula is C13H18O. The van der Waals surface area contributed by atoms with Crippen molar-refractivity contribution in [2.24, 2.45) is 0 Å². The van der Waals surface area contributed by atoms with E-state index in [-0.39, 0.29) is 0 Å². The molecule has 1 aliphatic heterocycles. The molecule has 1 heteroatoms. The lowest BCUT2D eigenvalue weighted by Crippen LogP contribution is -1.88. The van der Waals surface area contributed by atoms with Gasteiger partial charge in [0.05, 0.1) is 6.61 Å². The molecule has 0 bridgehead atoms. The van der Waals surface area contributed by atoms with E-state index in [2.05, 4.69) is 25.1 Å². The Bertz CT molecular complexity index is 304. The molecule has 1 nitrogen and oxygen atoms in total. The van der Waals surface area contributed by atoms with Gasteiger partial charge in [-0.15, -0.1) is 0 Å². The van der Waals surface area contributed by atoms with Crippen molar-refractivity contribution in [3.63, 3.8) is 0 Å². The zero-order valence-electron chi connectivity index (χ0n) is 8.88. The first-order valence-corrected chi connectivity index (χ1v) is 5.65. The first-order chi connectivity index (χ1) is 6.90. The van der Waals surface area contributed by atoms with Crippen LogP contribution >= 0.6 is 0 Å². The van der Waals surface area contributed by atoms with Crippen LogP contribution in [0.5, 0.6) is 5.75 Å². The van der Waals surface area contributed by atoms with E-state index in [9.17, 15) is 0 Å². The second-order valence-electron chi connectivity index (χ2n) is 4.00. The van der Waals surface area contributed by atoms with Crippen LogP contribution in [0.25, 0.3) is 0 Å². The van der Waals surface area contributed by atoms with Crippen LogP contribution in [0.15, 0.2) is 18.2 Å². The van der Waals surface area contributed by atoms with Crippen molar-refractivity contribution in [2.75, 3.05) is 6.61 Å². The van der Waals surface area contributed by atoms with E-state index in [1.807, 2.05) is 0 Å². The number of benzene rings is 1. The zero-order valence-corrected chi connectivity index (χ0v) is 8.88. The molecule has 0 saturated carbocycles. The third-order valence-corrected chi connectivity index (χ3v) is 2.83. The SMILES string of the molecule is CCCCCc1ccc2c(c1)OCC2. The Balaban J connectivity index is 1.98. The van der Waals surface area contributed by atoms with Gasteiger partial charge in [-0.3, -0.25) is 0 Å². The van der Waals surface area contributed by atoms with Crippen LogP contribution < -0.4 is 4.74 Å². The topological polar surface area (TPSA) is 9.23 Å². The summed E-state index contributed by atoms with van der Waals surface area (Å²) in [6, 6.07) is 6.70. The van der Waals surface area contributed by atoms with Gasteiger partial charge >= 0.3 is 0 Å². The summed E-state index contributed by atoms with van der Waals surface area (Å²) in [6.45, 7) is 3.11. The molecule has 2 rings (SSSR count). The Morgan fingerprint density at radius 1 is 1.29 bits per heavy atom. The molecule has 0 amide bonds. The Kier molecular flexibility index (Phi) is 3.07. The molecule has 0 saturated heterocycles. The second kappa shape index (κ2) is 4.50.